The normalized spacial score (nSPS) is 11.0. The number of para-hydroxylation sites is 1. The van der Waals surface area contributed by atoms with Crippen LogP contribution in [0, 0.1) is 6.92 Å². The Kier molecular flexibility index (Phi) is 6.44. The van der Waals surface area contributed by atoms with E-state index >= 15 is 0 Å². The van der Waals surface area contributed by atoms with Gasteiger partial charge < -0.3 is 15.7 Å². The molecule has 0 fully saturated rings. The summed E-state index contributed by atoms with van der Waals surface area (Å²) in [7, 11) is 0. The van der Waals surface area contributed by atoms with Crippen LogP contribution >= 0.6 is 0 Å². The molecule has 0 aromatic heterocycles. The molecule has 3 N–H and O–H groups in total. The SMILES string of the molecule is Cc1ccc(NC(=O)c2ccccc2NC(=O)c2ccc(C(C)(C)C)cc2)cc1C(=O)O. The first-order chi connectivity index (χ1) is 15.1. The number of carboxylic acid groups (broad SMARTS) is 1. The first-order valence-electron chi connectivity index (χ1n) is 10.2. The fraction of sp³-hybridized carbons (Fsp3) is 0.192. The predicted octanol–water partition coefficient (Wildman–Crippen LogP) is 5.50. The van der Waals surface area contributed by atoms with Crippen LogP contribution in [-0.2, 0) is 5.41 Å². The van der Waals surface area contributed by atoms with Gasteiger partial charge in [-0.2, -0.15) is 0 Å². The van der Waals surface area contributed by atoms with E-state index in [-0.39, 0.29) is 22.4 Å². The number of aryl methyl sites for hydroxylation is 1. The summed E-state index contributed by atoms with van der Waals surface area (Å²) in [4.78, 5) is 37.0. The number of rotatable bonds is 5. The molecule has 0 bridgehead atoms. The van der Waals surface area contributed by atoms with Crippen LogP contribution in [0.1, 0.15) is 63.0 Å². The molecule has 0 spiro atoms. The van der Waals surface area contributed by atoms with Crippen LogP contribution in [0.15, 0.2) is 66.7 Å². The third-order valence-electron chi connectivity index (χ3n) is 5.16. The highest BCUT2D eigenvalue weighted by molar-refractivity contribution is 6.12. The van der Waals surface area contributed by atoms with Crippen molar-refractivity contribution in [3.05, 3.63) is 94.5 Å². The van der Waals surface area contributed by atoms with E-state index in [1.165, 1.54) is 6.07 Å². The molecule has 0 aliphatic rings. The predicted molar refractivity (Wildman–Crippen MR) is 126 cm³/mol. The second kappa shape index (κ2) is 9.06. The molecule has 0 unspecified atom stereocenters. The smallest absolute Gasteiger partial charge is 0.336 e. The van der Waals surface area contributed by atoms with Gasteiger partial charge in [0.2, 0.25) is 0 Å². The molecule has 3 rings (SSSR count). The highest BCUT2D eigenvalue weighted by Gasteiger charge is 2.17. The zero-order valence-electron chi connectivity index (χ0n) is 18.5. The molecular weight excluding hydrogens is 404 g/mol. The van der Waals surface area contributed by atoms with Gasteiger partial charge in [-0.15, -0.1) is 0 Å². The van der Waals surface area contributed by atoms with Gasteiger partial charge in [0.15, 0.2) is 0 Å². The Balaban J connectivity index is 1.80. The van der Waals surface area contributed by atoms with Crippen molar-refractivity contribution in [3.63, 3.8) is 0 Å². The van der Waals surface area contributed by atoms with Crippen LogP contribution in [-0.4, -0.2) is 22.9 Å². The third-order valence-corrected chi connectivity index (χ3v) is 5.16. The quantitative estimate of drug-likeness (QED) is 0.498. The number of hydrogen-bond donors (Lipinski definition) is 3. The number of amides is 2. The van der Waals surface area contributed by atoms with E-state index in [1.807, 2.05) is 12.1 Å². The third kappa shape index (κ3) is 5.21. The molecule has 0 aliphatic heterocycles. The Hall–Kier alpha value is -3.93. The highest BCUT2D eigenvalue weighted by Crippen LogP contribution is 2.23. The number of hydrogen-bond acceptors (Lipinski definition) is 3. The van der Waals surface area contributed by atoms with Crippen LogP contribution in [0.4, 0.5) is 11.4 Å². The van der Waals surface area contributed by atoms with Crippen molar-refractivity contribution in [2.45, 2.75) is 33.1 Å². The lowest BCUT2D eigenvalue weighted by Crippen LogP contribution is -2.19. The average Bonchev–Trinajstić information content (AvgIpc) is 2.74. The zero-order chi connectivity index (χ0) is 23.5. The molecule has 6 nitrogen and oxygen atoms in total. The van der Waals surface area contributed by atoms with Gasteiger partial charge in [0.05, 0.1) is 16.8 Å². The number of nitrogens with one attached hydrogen (secondary N) is 2. The molecule has 2 amide bonds. The number of aromatic carboxylic acids is 1. The maximum Gasteiger partial charge on any atom is 0.336 e. The average molecular weight is 431 g/mol. The number of carboxylic acids is 1. The summed E-state index contributed by atoms with van der Waals surface area (Å²) in [6.45, 7) is 7.99. The first kappa shape index (κ1) is 22.7. The summed E-state index contributed by atoms with van der Waals surface area (Å²) in [5.74, 6) is -1.85. The van der Waals surface area contributed by atoms with Gasteiger partial charge >= 0.3 is 5.97 Å². The van der Waals surface area contributed by atoms with Crippen molar-refractivity contribution in [1.82, 2.24) is 0 Å². The van der Waals surface area contributed by atoms with Gasteiger partial charge in [-0.25, -0.2) is 4.79 Å². The monoisotopic (exact) mass is 430 g/mol. The van der Waals surface area contributed by atoms with Crippen molar-refractivity contribution in [2.75, 3.05) is 10.6 Å². The summed E-state index contributed by atoms with van der Waals surface area (Å²) < 4.78 is 0. The molecule has 0 radical (unpaired) electrons. The largest absolute Gasteiger partial charge is 0.478 e. The maximum atomic E-state index is 12.9. The van der Waals surface area contributed by atoms with Crippen molar-refractivity contribution >= 4 is 29.2 Å². The Labute approximate surface area is 187 Å². The van der Waals surface area contributed by atoms with Crippen molar-refractivity contribution < 1.29 is 19.5 Å². The minimum absolute atomic E-state index is 0.0177. The van der Waals surface area contributed by atoms with E-state index < -0.39 is 11.9 Å². The summed E-state index contributed by atoms with van der Waals surface area (Å²) in [5, 5.41) is 14.8. The maximum absolute atomic E-state index is 12.9. The molecule has 6 heteroatoms. The molecule has 3 aromatic carbocycles. The molecule has 0 saturated carbocycles. The number of anilines is 2. The molecule has 0 saturated heterocycles. The highest BCUT2D eigenvalue weighted by atomic mass is 16.4. The van der Waals surface area contributed by atoms with E-state index in [2.05, 4.69) is 31.4 Å². The van der Waals surface area contributed by atoms with E-state index in [4.69, 9.17) is 0 Å². The van der Waals surface area contributed by atoms with Crippen LogP contribution in [0.2, 0.25) is 0 Å². The van der Waals surface area contributed by atoms with Crippen molar-refractivity contribution in [2.24, 2.45) is 0 Å². The second-order valence-corrected chi connectivity index (χ2v) is 8.62. The minimum Gasteiger partial charge on any atom is -0.478 e. The van der Waals surface area contributed by atoms with Gasteiger partial charge in [0.25, 0.3) is 11.8 Å². The summed E-state index contributed by atoms with van der Waals surface area (Å²) >= 11 is 0. The Morgan fingerprint density at radius 1 is 0.781 bits per heavy atom. The number of benzene rings is 3. The zero-order valence-corrected chi connectivity index (χ0v) is 18.5. The fourth-order valence-electron chi connectivity index (χ4n) is 3.23. The standard InChI is InChI=1S/C26H26N2O4/c1-16-9-14-19(15-21(16)25(31)32)27-24(30)20-7-5-6-8-22(20)28-23(29)17-10-12-18(13-11-17)26(2,3)4/h5-15H,1-4H3,(H,27,30)(H,28,29)(H,31,32). The van der Waals surface area contributed by atoms with E-state index in [0.717, 1.165) is 5.56 Å². The van der Waals surface area contributed by atoms with E-state index in [9.17, 15) is 19.5 Å². The van der Waals surface area contributed by atoms with E-state index in [1.54, 1.807) is 55.5 Å². The number of carbonyl (C=O) groups is 3. The summed E-state index contributed by atoms with van der Waals surface area (Å²) in [6.07, 6.45) is 0. The molecule has 32 heavy (non-hydrogen) atoms. The van der Waals surface area contributed by atoms with Gasteiger partial charge in [-0.3, -0.25) is 9.59 Å². The molecule has 164 valence electrons. The Morgan fingerprint density at radius 3 is 2.06 bits per heavy atom. The lowest BCUT2D eigenvalue weighted by molar-refractivity contribution is 0.0695. The first-order valence-corrected chi connectivity index (χ1v) is 10.2. The number of carbonyl (C=O) groups excluding carboxylic acids is 2. The molecule has 0 atom stereocenters. The summed E-state index contributed by atoms with van der Waals surface area (Å²) in [6, 6.07) is 18.7. The minimum atomic E-state index is -1.07. The van der Waals surface area contributed by atoms with Gasteiger partial charge in [0, 0.05) is 11.3 Å². The Bertz CT molecular complexity index is 1180. The lowest BCUT2D eigenvalue weighted by atomic mass is 9.86. The molecular formula is C26H26N2O4. The lowest BCUT2D eigenvalue weighted by Gasteiger charge is -2.19. The van der Waals surface area contributed by atoms with Crippen LogP contribution in [0.3, 0.4) is 0 Å². The van der Waals surface area contributed by atoms with Crippen molar-refractivity contribution in [3.8, 4) is 0 Å². The topological polar surface area (TPSA) is 95.5 Å². The van der Waals surface area contributed by atoms with Gasteiger partial charge in [-0.05, 0) is 59.9 Å². The van der Waals surface area contributed by atoms with Crippen LogP contribution in [0.25, 0.3) is 0 Å². The fourth-order valence-corrected chi connectivity index (χ4v) is 3.23. The Morgan fingerprint density at radius 2 is 1.44 bits per heavy atom. The van der Waals surface area contributed by atoms with Crippen LogP contribution in [0.5, 0.6) is 0 Å². The molecule has 0 aliphatic carbocycles. The molecule has 0 heterocycles. The molecule has 3 aromatic rings. The van der Waals surface area contributed by atoms with Gasteiger partial charge in [0.1, 0.15) is 0 Å². The van der Waals surface area contributed by atoms with E-state index in [0.29, 0.717) is 22.5 Å². The van der Waals surface area contributed by atoms with Crippen LogP contribution < -0.4 is 10.6 Å². The summed E-state index contributed by atoms with van der Waals surface area (Å²) in [5.41, 5.74) is 3.28. The van der Waals surface area contributed by atoms with Crippen molar-refractivity contribution in [1.29, 1.82) is 0 Å². The van der Waals surface area contributed by atoms with Gasteiger partial charge in [-0.1, -0.05) is 51.1 Å². The second-order valence-electron chi connectivity index (χ2n) is 8.62.